The van der Waals surface area contributed by atoms with Gasteiger partial charge in [-0.1, -0.05) is 35.6 Å². The molecule has 1 saturated heterocycles. The SMILES string of the molecule is CC1(C#Cc2cc3c(cc2N)C(N)(c2cccc(Cl)c2F)N=CN3)CCN(CC(F)(F)F)C1. The third-order valence-corrected chi connectivity index (χ3v) is 6.20. The molecule has 0 saturated carbocycles. The van der Waals surface area contributed by atoms with Crippen molar-refractivity contribution in [2.45, 2.75) is 25.2 Å². The summed E-state index contributed by atoms with van der Waals surface area (Å²) in [6.07, 6.45) is -2.36. The highest BCUT2D eigenvalue weighted by atomic mass is 35.5. The number of benzene rings is 2. The summed E-state index contributed by atoms with van der Waals surface area (Å²) in [4.78, 5) is 5.61. The summed E-state index contributed by atoms with van der Waals surface area (Å²) >= 11 is 5.93. The van der Waals surface area contributed by atoms with Crippen molar-refractivity contribution in [2.24, 2.45) is 16.1 Å². The van der Waals surface area contributed by atoms with Gasteiger partial charge in [-0.3, -0.25) is 10.6 Å². The summed E-state index contributed by atoms with van der Waals surface area (Å²) in [6, 6.07) is 7.77. The predicted octanol–water partition coefficient (Wildman–Crippen LogP) is 4.30. The predicted molar refractivity (Wildman–Crippen MR) is 121 cm³/mol. The van der Waals surface area contributed by atoms with Crippen LogP contribution >= 0.6 is 11.6 Å². The smallest absolute Gasteiger partial charge is 0.398 e. The minimum atomic E-state index is -4.24. The fourth-order valence-corrected chi connectivity index (χ4v) is 4.39. The number of anilines is 2. The lowest BCUT2D eigenvalue weighted by Crippen LogP contribution is -2.40. The summed E-state index contributed by atoms with van der Waals surface area (Å²) in [7, 11) is 0. The Balaban J connectivity index is 1.65. The number of hydrogen-bond acceptors (Lipinski definition) is 5. The lowest BCUT2D eigenvalue weighted by Gasteiger charge is -2.32. The van der Waals surface area contributed by atoms with Gasteiger partial charge in [-0.05, 0) is 31.5 Å². The lowest BCUT2D eigenvalue weighted by atomic mass is 9.87. The van der Waals surface area contributed by atoms with Crippen molar-refractivity contribution in [1.82, 2.24) is 4.90 Å². The molecule has 5 nitrogen and oxygen atoms in total. The number of nitrogen functional groups attached to an aromatic ring is 1. The number of nitrogens with one attached hydrogen (secondary N) is 1. The van der Waals surface area contributed by atoms with E-state index in [0.717, 1.165) is 0 Å². The first-order valence-electron chi connectivity index (χ1n) is 10.2. The molecule has 2 unspecified atom stereocenters. The Kier molecular flexibility index (Phi) is 5.81. The molecule has 2 aliphatic rings. The van der Waals surface area contributed by atoms with Crippen LogP contribution in [0.5, 0.6) is 0 Å². The summed E-state index contributed by atoms with van der Waals surface area (Å²) in [5, 5.41) is 2.90. The molecule has 0 amide bonds. The molecule has 2 aliphatic heterocycles. The van der Waals surface area contributed by atoms with E-state index in [9.17, 15) is 17.6 Å². The molecule has 174 valence electrons. The van der Waals surface area contributed by atoms with E-state index in [1.54, 1.807) is 18.2 Å². The van der Waals surface area contributed by atoms with Gasteiger partial charge in [-0.2, -0.15) is 13.2 Å². The van der Waals surface area contributed by atoms with E-state index in [0.29, 0.717) is 35.5 Å². The van der Waals surface area contributed by atoms with Crippen LogP contribution in [-0.4, -0.2) is 37.0 Å². The second-order valence-corrected chi connectivity index (χ2v) is 9.05. The van der Waals surface area contributed by atoms with Crippen LogP contribution in [0.4, 0.5) is 28.9 Å². The van der Waals surface area contributed by atoms with Crippen molar-refractivity contribution >= 4 is 29.3 Å². The molecule has 0 aliphatic carbocycles. The average Bonchev–Trinajstić information content (AvgIpc) is 3.08. The molecule has 33 heavy (non-hydrogen) atoms. The van der Waals surface area contributed by atoms with E-state index in [-0.39, 0.29) is 17.1 Å². The number of nitrogens with zero attached hydrogens (tertiary/aromatic N) is 2. The lowest BCUT2D eigenvalue weighted by molar-refractivity contribution is -0.144. The third-order valence-electron chi connectivity index (χ3n) is 5.90. The van der Waals surface area contributed by atoms with Crippen LogP contribution < -0.4 is 16.8 Å². The molecule has 2 atom stereocenters. The zero-order valence-electron chi connectivity index (χ0n) is 17.7. The minimum Gasteiger partial charge on any atom is -0.398 e. The molecule has 0 radical (unpaired) electrons. The van der Waals surface area contributed by atoms with Crippen molar-refractivity contribution in [3.8, 4) is 11.8 Å². The van der Waals surface area contributed by atoms with E-state index in [4.69, 9.17) is 23.1 Å². The zero-order chi connectivity index (χ0) is 24.0. The Labute approximate surface area is 193 Å². The number of rotatable bonds is 2. The van der Waals surface area contributed by atoms with E-state index in [2.05, 4.69) is 22.2 Å². The molecule has 1 fully saturated rings. The second-order valence-electron chi connectivity index (χ2n) is 8.64. The maximum atomic E-state index is 14.7. The first-order chi connectivity index (χ1) is 15.4. The van der Waals surface area contributed by atoms with Crippen molar-refractivity contribution in [3.63, 3.8) is 0 Å². The number of fused-ring (bicyclic) bond motifs is 1. The zero-order valence-corrected chi connectivity index (χ0v) is 18.5. The Hall–Kier alpha value is -2.80. The molecule has 2 aromatic rings. The van der Waals surface area contributed by atoms with Gasteiger partial charge in [0.05, 0.1) is 17.9 Å². The van der Waals surface area contributed by atoms with Crippen LogP contribution in [-0.2, 0) is 5.66 Å². The first kappa shape index (κ1) is 23.4. The Morgan fingerprint density at radius 1 is 1.27 bits per heavy atom. The van der Waals surface area contributed by atoms with Crippen LogP contribution in [0.15, 0.2) is 35.3 Å². The fourth-order valence-electron chi connectivity index (χ4n) is 4.21. The molecule has 4 rings (SSSR count). The summed E-state index contributed by atoms with van der Waals surface area (Å²) in [5.74, 6) is 5.44. The summed E-state index contributed by atoms with van der Waals surface area (Å²) < 4.78 is 52.9. The molecule has 0 spiro atoms. The quantitative estimate of drug-likeness (QED) is 0.341. The Morgan fingerprint density at radius 2 is 2.03 bits per heavy atom. The fraction of sp³-hybridized carbons (Fsp3) is 0.348. The molecule has 10 heteroatoms. The van der Waals surface area contributed by atoms with E-state index in [1.807, 2.05) is 6.92 Å². The van der Waals surface area contributed by atoms with Gasteiger partial charge in [0.2, 0.25) is 0 Å². The maximum Gasteiger partial charge on any atom is 0.401 e. The van der Waals surface area contributed by atoms with Gasteiger partial charge < -0.3 is 11.1 Å². The van der Waals surface area contributed by atoms with E-state index in [1.165, 1.54) is 23.4 Å². The van der Waals surface area contributed by atoms with Gasteiger partial charge in [0.1, 0.15) is 5.82 Å². The van der Waals surface area contributed by atoms with Crippen LogP contribution in [0, 0.1) is 23.1 Å². The van der Waals surface area contributed by atoms with Gasteiger partial charge >= 0.3 is 6.18 Å². The molecule has 5 N–H and O–H groups in total. The Bertz CT molecular complexity index is 1190. The molecule has 2 aromatic carbocycles. The molecule has 2 heterocycles. The van der Waals surface area contributed by atoms with Crippen LogP contribution in [0.25, 0.3) is 0 Å². The highest BCUT2D eigenvalue weighted by Crippen LogP contribution is 2.40. The van der Waals surface area contributed by atoms with Crippen molar-refractivity contribution in [2.75, 3.05) is 30.7 Å². The van der Waals surface area contributed by atoms with E-state index >= 15 is 0 Å². The molecular weight excluding hydrogens is 458 g/mol. The van der Waals surface area contributed by atoms with E-state index < -0.39 is 29.6 Å². The summed E-state index contributed by atoms with van der Waals surface area (Å²) in [6.45, 7) is 1.42. The largest absolute Gasteiger partial charge is 0.401 e. The second kappa shape index (κ2) is 8.20. The van der Waals surface area contributed by atoms with Crippen LogP contribution in [0.2, 0.25) is 5.02 Å². The van der Waals surface area contributed by atoms with Crippen molar-refractivity contribution < 1.29 is 17.6 Å². The molecule has 0 aromatic heterocycles. The van der Waals surface area contributed by atoms with Gasteiger partial charge in [0.25, 0.3) is 0 Å². The number of aliphatic imine (C=N–C) groups is 1. The average molecular weight is 480 g/mol. The maximum absolute atomic E-state index is 14.7. The minimum absolute atomic E-state index is 0.0764. The number of halogens is 5. The van der Waals surface area contributed by atoms with Gasteiger partial charge in [-0.25, -0.2) is 9.38 Å². The standard InChI is InChI=1S/C23H22ClF4N5/c1-21(7-8-33(11-21)12-22(26,27)28)6-5-14-9-19-16(10-18(14)29)23(30,32-13-31-19)15-3-2-4-17(24)20(15)25/h2-4,9-10,13H,7-8,11-12,29-30H2,1H3,(H,31,32). The number of likely N-dealkylation sites (tertiary alicyclic amines) is 1. The number of nitrogens with two attached hydrogens (primary N) is 2. The third kappa shape index (κ3) is 4.64. The van der Waals surface area contributed by atoms with Gasteiger partial charge in [-0.15, -0.1) is 0 Å². The normalized spacial score (nSPS) is 24.7. The summed E-state index contributed by atoms with van der Waals surface area (Å²) in [5.41, 5.74) is 12.5. The number of hydrogen-bond donors (Lipinski definition) is 3. The van der Waals surface area contributed by atoms with Crippen molar-refractivity contribution in [3.05, 3.63) is 57.9 Å². The van der Waals surface area contributed by atoms with Gasteiger partial charge in [0, 0.05) is 46.6 Å². The Morgan fingerprint density at radius 3 is 2.76 bits per heavy atom. The molecule has 0 bridgehead atoms. The van der Waals surface area contributed by atoms with Crippen LogP contribution in [0.1, 0.15) is 30.0 Å². The highest BCUT2D eigenvalue weighted by Gasteiger charge is 2.39. The van der Waals surface area contributed by atoms with Crippen molar-refractivity contribution in [1.29, 1.82) is 0 Å². The van der Waals surface area contributed by atoms with Gasteiger partial charge in [0.15, 0.2) is 5.66 Å². The molecular formula is C23H22ClF4N5. The topological polar surface area (TPSA) is 79.7 Å². The first-order valence-corrected chi connectivity index (χ1v) is 10.6. The monoisotopic (exact) mass is 479 g/mol. The number of alkyl halides is 3. The van der Waals surface area contributed by atoms with Crippen LogP contribution in [0.3, 0.4) is 0 Å². The highest BCUT2D eigenvalue weighted by molar-refractivity contribution is 6.30.